The van der Waals surface area contributed by atoms with Crippen LogP contribution in [0.15, 0.2) is 67.9 Å². The van der Waals surface area contributed by atoms with Gasteiger partial charge in [-0.1, -0.05) is 6.58 Å². The minimum atomic E-state index is -3.74. The predicted molar refractivity (Wildman–Crippen MR) is 144 cm³/mol. The largest absolute Gasteiger partial charge is 0.481 e. The standard InChI is InChI=1S/C26H28N5O6P/c1-5-24(32)30-21-10-19(13-27-15-21)20-11-22-23(18-8-9-28-25(12-18)34-4)16-31(26(22)29-14-20)17-37-38(33,35-6-2)36-7-3/h5,8-16H,1,6-7,17H2,2-4H3,(H,30,32). The van der Waals surface area contributed by atoms with Crippen molar-refractivity contribution >= 4 is 30.5 Å². The molecule has 0 aliphatic rings. The fourth-order valence-electron chi connectivity index (χ4n) is 3.77. The van der Waals surface area contributed by atoms with Crippen LogP contribution in [0.4, 0.5) is 5.69 Å². The highest BCUT2D eigenvalue weighted by molar-refractivity contribution is 7.48. The summed E-state index contributed by atoms with van der Waals surface area (Å²) >= 11 is 0. The molecule has 0 aliphatic carbocycles. The van der Waals surface area contributed by atoms with Gasteiger partial charge in [-0.3, -0.25) is 23.3 Å². The number of fused-ring (bicyclic) bond motifs is 1. The Bertz CT molecular complexity index is 1490. The van der Waals surface area contributed by atoms with E-state index in [-0.39, 0.29) is 25.9 Å². The number of rotatable bonds is 12. The molecule has 4 aromatic rings. The summed E-state index contributed by atoms with van der Waals surface area (Å²) in [6, 6.07) is 7.42. The number of aromatic nitrogens is 4. The van der Waals surface area contributed by atoms with Gasteiger partial charge in [-0.25, -0.2) is 14.5 Å². The molecule has 0 aliphatic heterocycles. The van der Waals surface area contributed by atoms with Crippen molar-refractivity contribution in [3.05, 3.63) is 67.9 Å². The van der Waals surface area contributed by atoms with Gasteiger partial charge in [-0.05, 0) is 43.7 Å². The van der Waals surface area contributed by atoms with E-state index in [1.807, 2.05) is 24.4 Å². The number of pyridine rings is 3. The molecule has 38 heavy (non-hydrogen) atoms. The molecule has 4 aromatic heterocycles. The van der Waals surface area contributed by atoms with Gasteiger partial charge in [-0.15, -0.1) is 0 Å². The van der Waals surface area contributed by atoms with Crippen LogP contribution in [0.2, 0.25) is 0 Å². The molecule has 0 saturated heterocycles. The normalized spacial score (nSPS) is 11.4. The van der Waals surface area contributed by atoms with Crippen molar-refractivity contribution in [1.29, 1.82) is 0 Å². The lowest BCUT2D eigenvalue weighted by Gasteiger charge is -2.16. The molecular weight excluding hydrogens is 509 g/mol. The molecule has 1 amide bonds. The van der Waals surface area contributed by atoms with Crippen LogP contribution in [0.25, 0.3) is 33.3 Å². The third kappa shape index (κ3) is 6.15. The number of nitrogens with zero attached hydrogens (tertiary/aromatic N) is 4. The van der Waals surface area contributed by atoms with E-state index < -0.39 is 7.82 Å². The van der Waals surface area contributed by atoms with Gasteiger partial charge in [0.05, 0.1) is 32.2 Å². The third-order valence-electron chi connectivity index (χ3n) is 5.42. The molecule has 0 unspecified atom stereocenters. The Labute approximate surface area is 220 Å². The summed E-state index contributed by atoms with van der Waals surface area (Å²) in [4.78, 5) is 24.9. The zero-order chi connectivity index (χ0) is 27.1. The average Bonchev–Trinajstić information content (AvgIpc) is 3.30. The van der Waals surface area contributed by atoms with E-state index in [1.54, 1.807) is 56.4 Å². The summed E-state index contributed by atoms with van der Waals surface area (Å²) in [6.45, 7) is 7.13. The lowest BCUT2D eigenvalue weighted by molar-refractivity contribution is -0.111. The topological polar surface area (TPSA) is 127 Å². The smallest absolute Gasteiger partial charge is 0.476 e. The molecule has 1 N–H and O–H groups in total. The first-order chi connectivity index (χ1) is 18.4. The Morgan fingerprint density at radius 1 is 1.05 bits per heavy atom. The Kier molecular flexibility index (Phi) is 8.65. The van der Waals surface area contributed by atoms with Crippen LogP contribution in [0, 0.1) is 0 Å². The highest BCUT2D eigenvalue weighted by atomic mass is 31.2. The second-order valence-corrected chi connectivity index (χ2v) is 9.56. The monoisotopic (exact) mass is 537 g/mol. The Morgan fingerprint density at radius 3 is 2.53 bits per heavy atom. The second kappa shape index (κ2) is 12.1. The summed E-state index contributed by atoms with van der Waals surface area (Å²) in [7, 11) is -2.20. The molecule has 11 nitrogen and oxygen atoms in total. The number of amides is 1. The highest BCUT2D eigenvalue weighted by Crippen LogP contribution is 2.49. The van der Waals surface area contributed by atoms with E-state index in [4.69, 9.17) is 18.3 Å². The number of carbonyl (C=O) groups excluding carboxylic acids is 1. The molecule has 12 heteroatoms. The minimum Gasteiger partial charge on any atom is -0.481 e. The van der Waals surface area contributed by atoms with Gasteiger partial charge in [0.25, 0.3) is 0 Å². The SMILES string of the molecule is C=CC(=O)Nc1cncc(-c2cnc3c(c2)c(-c2ccnc(OC)c2)cn3COP(=O)(OCC)OCC)c1. The van der Waals surface area contributed by atoms with Crippen LogP contribution in [-0.2, 0) is 29.7 Å². The first kappa shape index (κ1) is 27.2. The molecular formula is C26H28N5O6P. The number of phosphoric ester groups is 1. The van der Waals surface area contributed by atoms with Crippen molar-refractivity contribution < 1.29 is 27.7 Å². The minimum absolute atomic E-state index is 0.118. The van der Waals surface area contributed by atoms with Crippen molar-refractivity contribution in [1.82, 2.24) is 19.5 Å². The van der Waals surface area contributed by atoms with Crippen LogP contribution < -0.4 is 10.1 Å². The highest BCUT2D eigenvalue weighted by Gasteiger charge is 2.26. The second-order valence-electron chi connectivity index (χ2n) is 7.89. The first-order valence-corrected chi connectivity index (χ1v) is 13.3. The third-order valence-corrected chi connectivity index (χ3v) is 7.00. The number of carbonyl (C=O) groups is 1. The molecule has 4 heterocycles. The quantitative estimate of drug-likeness (QED) is 0.185. The number of methoxy groups -OCH3 is 1. The maximum atomic E-state index is 12.9. The molecule has 0 fully saturated rings. The molecule has 0 radical (unpaired) electrons. The van der Waals surface area contributed by atoms with E-state index in [0.717, 1.165) is 27.6 Å². The van der Waals surface area contributed by atoms with Gasteiger partial charge in [0.15, 0.2) is 0 Å². The van der Waals surface area contributed by atoms with Gasteiger partial charge in [0.1, 0.15) is 12.4 Å². The molecule has 0 bridgehead atoms. The summed E-state index contributed by atoms with van der Waals surface area (Å²) < 4.78 is 36.1. The maximum Gasteiger partial charge on any atom is 0.476 e. The number of hydrogen-bond donors (Lipinski definition) is 1. The van der Waals surface area contributed by atoms with Crippen molar-refractivity contribution in [2.75, 3.05) is 25.6 Å². The predicted octanol–water partition coefficient (Wildman–Crippen LogP) is 5.45. The molecule has 198 valence electrons. The number of anilines is 1. The Balaban J connectivity index is 1.79. The van der Waals surface area contributed by atoms with Crippen molar-refractivity contribution in [3.8, 4) is 28.1 Å². The van der Waals surface area contributed by atoms with Gasteiger partial charge >= 0.3 is 7.82 Å². The maximum absolute atomic E-state index is 12.9. The fraction of sp³-hybridized carbons (Fsp3) is 0.231. The van der Waals surface area contributed by atoms with Gasteiger partial charge in [-0.2, -0.15) is 0 Å². The molecule has 0 aromatic carbocycles. The Morgan fingerprint density at radius 2 is 1.82 bits per heavy atom. The summed E-state index contributed by atoms with van der Waals surface area (Å²) in [5.74, 6) is 0.121. The molecule has 0 spiro atoms. The molecule has 0 atom stereocenters. The van der Waals surface area contributed by atoms with Crippen LogP contribution in [0.1, 0.15) is 13.8 Å². The van der Waals surface area contributed by atoms with Crippen LogP contribution in [0.5, 0.6) is 5.88 Å². The van der Waals surface area contributed by atoms with E-state index in [1.165, 1.54) is 6.08 Å². The number of hydrogen-bond acceptors (Lipinski definition) is 9. The van der Waals surface area contributed by atoms with Gasteiger partial charge < -0.3 is 14.6 Å². The van der Waals surface area contributed by atoms with E-state index in [2.05, 4.69) is 26.8 Å². The zero-order valence-corrected chi connectivity index (χ0v) is 22.2. The van der Waals surface area contributed by atoms with Crippen molar-refractivity contribution in [3.63, 3.8) is 0 Å². The average molecular weight is 538 g/mol. The number of nitrogens with one attached hydrogen (secondary N) is 1. The first-order valence-electron chi connectivity index (χ1n) is 11.8. The Hall–Kier alpha value is -3.89. The van der Waals surface area contributed by atoms with Gasteiger partial charge in [0.2, 0.25) is 11.8 Å². The van der Waals surface area contributed by atoms with Crippen LogP contribution in [-0.4, -0.2) is 45.7 Å². The zero-order valence-electron chi connectivity index (χ0n) is 21.3. The summed E-state index contributed by atoms with van der Waals surface area (Å²) in [5, 5.41) is 3.51. The van der Waals surface area contributed by atoms with Crippen molar-refractivity contribution in [2.24, 2.45) is 0 Å². The number of phosphoric acid groups is 1. The van der Waals surface area contributed by atoms with Crippen molar-refractivity contribution in [2.45, 2.75) is 20.6 Å². The fourth-order valence-corrected chi connectivity index (χ4v) is 4.89. The summed E-state index contributed by atoms with van der Waals surface area (Å²) in [5.41, 5.74) is 4.30. The number of ether oxygens (including phenoxy) is 1. The lowest BCUT2D eigenvalue weighted by atomic mass is 10.0. The van der Waals surface area contributed by atoms with Gasteiger partial charge in [0, 0.05) is 52.9 Å². The van der Waals surface area contributed by atoms with E-state index >= 15 is 0 Å². The lowest BCUT2D eigenvalue weighted by Crippen LogP contribution is -2.07. The van der Waals surface area contributed by atoms with E-state index in [0.29, 0.717) is 17.2 Å². The molecule has 4 rings (SSSR count). The van der Waals surface area contributed by atoms with Crippen LogP contribution >= 0.6 is 7.82 Å². The summed E-state index contributed by atoms with van der Waals surface area (Å²) in [6.07, 6.45) is 9.61. The molecule has 0 saturated carbocycles. The van der Waals surface area contributed by atoms with E-state index in [9.17, 15) is 9.36 Å². The van der Waals surface area contributed by atoms with Crippen LogP contribution in [0.3, 0.4) is 0 Å².